The fourth-order valence-electron chi connectivity index (χ4n) is 4.66. The molecule has 0 aromatic heterocycles. The van der Waals surface area contributed by atoms with Crippen LogP contribution in [-0.2, 0) is 9.59 Å². The monoisotopic (exact) mass is 470 g/mol. The summed E-state index contributed by atoms with van der Waals surface area (Å²) >= 11 is 0. The SMILES string of the molecule is CCC(C)(C(=O)O)N(C(=O)CC1c2ccccc2-c2ccccc21)c1ccc(N=NN(C)C)cc1. The largest absolute Gasteiger partial charge is 0.479 e. The number of carbonyl (C=O) groups is 2. The van der Waals surface area contributed by atoms with E-state index in [1.165, 1.54) is 4.90 Å². The molecular formula is C28H30N4O3. The Balaban J connectivity index is 1.72. The molecule has 1 unspecified atom stereocenters. The molecule has 3 aromatic rings. The fraction of sp³-hybridized carbons (Fsp3) is 0.286. The number of anilines is 1. The molecule has 1 atom stereocenters. The van der Waals surface area contributed by atoms with Gasteiger partial charge in [-0.3, -0.25) is 14.7 Å². The molecule has 0 spiro atoms. The summed E-state index contributed by atoms with van der Waals surface area (Å²) in [5.41, 5.74) is 4.16. The Morgan fingerprint density at radius 3 is 1.94 bits per heavy atom. The van der Waals surface area contributed by atoms with Crippen LogP contribution in [0.25, 0.3) is 11.1 Å². The van der Waals surface area contributed by atoms with Crippen molar-refractivity contribution >= 4 is 23.3 Å². The summed E-state index contributed by atoms with van der Waals surface area (Å²) in [7, 11) is 3.55. The van der Waals surface area contributed by atoms with Crippen molar-refractivity contribution in [2.75, 3.05) is 19.0 Å². The number of fused-ring (bicyclic) bond motifs is 3. The third kappa shape index (κ3) is 4.54. The van der Waals surface area contributed by atoms with Gasteiger partial charge in [0.1, 0.15) is 5.54 Å². The van der Waals surface area contributed by atoms with E-state index < -0.39 is 11.5 Å². The van der Waals surface area contributed by atoms with Gasteiger partial charge in [0.2, 0.25) is 5.91 Å². The van der Waals surface area contributed by atoms with Crippen LogP contribution < -0.4 is 4.90 Å². The number of carboxylic acids is 1. The second kappa shape index (κ2) is 9.70. The molecule has 1 N–H and O–H groups in total. The minimum atomic E-state index is -1.40. The zero-order chi connectivity index (χ0) is 25.2. The van der Waals surface area contributed by atoms with Crippen molar-refractivity contribution in [1.82, 2.24) is 5.01 Å². The molecule has 0 saturated carbocycles. The van der Waals surface area contributed by atoms with Crippen LogP contribution >= 0.6 is 0 Å². The van der Waals surface area contributed by atoms with E-state index >= 15 is 0 Å². The van der Waals surface area contributed by atoms with Gasteiger partial charge in [0, 0.05) is 32.1 Å². The number of aliphatic carboxylic acids is 1. The van der Waals surface area contributed by atoms with Crippen LogP contribution in [0.2, 0.25) is 0 Å². The van der Waals surface area contributed by atoms with Crippen LogP contribution in [0.3, 0.4) is 0 Å². The third-order valence-electron chi connectivity index (χ3n) is 6.68. The number of hydrogen-bond donors (Lipinski definition) is 1. The molecule has 4 rings (SSSR count). The van der Waals surface area contributed by atoms with Crippen molar-refractivity contribution in [2.24, 2.45) is 10.3 Å². The molecule has 0 bridgehead atoms. The van der Waals surface area contributed by atoms with Gasteiger partial charge < -0.3 is 5.11 Å². The van der Waals surface area contributed by atoms with Gasteiger partial charge in [0.05, 0.1) is 5.69 Å². The van der Waals surface area contributed by atoms with E-state index in [0.29, 0.717) is 11.4 Å². The maximum Gasteiger partial charge on any atom is 0.329 e. The van der Waals surface area contributed by atoms with Crippen molar-refractivity contribution in [2.45, 2.75) is 38.1 Å². The average Bonchev–Trinajstić information content (AvgIpc) is 3.17. The predicted molar refractivity (Wildman–Crippen MR) is 137 cm³/mol. The first kappa shape index (κ1) is 24.1. The lowest BCUT2D eigenvalue weighted by molar-refractivity contribution is -0.144. The highest BCUT2D eigenvalue weighted by Crippen LogP contribution is 2.46. The quantitative estimate of drug-likeness (QED) is 0.321. The number of nitrogens with zero attached hydrogens (tertiary/aromatic N) is 4. The Kier molecular flexibility index (Phi) is 6.69. The van der Waals surface area contributed by atoms with Crippen LogP contribution in [0.1, 0.15) is 43.7 Å². The predicted octanol–water partition coefficient (Wildman–Crippen LogP) is 6.04. The van der Waals surface area contributed by atoms with E-state index in [4.69, 9.17) is 0 Å². The molecule has 1 aliphatic rings. The molecule has 3 aromatic carbocycles. The Bertz CT molecular complexity index is 1220. The summed E-state index contributed by atoms with van der Waals surface area (Å²) in [6, 6.07) is 23.2. The number of carbonyl (C=O) groups excluding carboxylic acids is 1. The maximum atomic E-state index is 13.9. The summed E-state index contributed by atoms with van der Waals surface area (Å²) in [5, 5.41) is 19.9. The van der Waals surface area contributed by atoms with E-state index in [0.717, 1.165) is 22.3 Å². The average molecular weight is 471 g/mol. The van der Waals surface area contributed by atoms with E-state index in [2.05, 4.69) is 34.6 Å². The van der Waals surface area contributed by atoms with Crippen LogP contribution in [0, 0.1) is 0 Å². The highest BCUT2D eigenvalue weighted by molar-refractivity contribution is 6.02. The van der Waals surface area contributed by atoms with Gasteiger partial charge in [0.15, 0.2) is 0 Å². The third-order valence-corrected chi connectivity index (χ3v) is 6.68. The van der Waals surface area contributed by atoms with Crippen molar-refractivity contribution in [3.8, 4) is 11.1 Å². The molecular weight excluding hydrogens is 440 g/mol. The topological polar surface area (TPSA) is 85.6 Å². The molecule has 0 fully saturated rings. The van der Waals surface area contributed by atoms with Crippen LogP contribution in [-0.4, -0.2) is 41.6 Å². The summed E-state index contributed by atoms with van der Waals surface area (Å²) in [5.74, 6) is -1.42. The molecule has 35 heavy (non-hydrogen) atoms. The zero-order valence-electron chi connectivity index (χ0n) is 20.5. The number of carboxylic acid groups (broad SMARTS) is 1. The van der Waals surface area contributed by atoms with Crippen molar-refractivity contribution in [1.29, 1.82) is 0 Å². The minimum Gasteiger partial charge on any atom is -0.479 e. The summed E-state index contributed by atoms with van der Waals surface area (Å²) in [4.78, 5) is 27.8. The molecule has 0 aliphatic heterocycles. The summed E-state index contributed by atoms with van der Waals surface area (Å²) in [6.45, 7) is 3.39. The highest BCUT2D eigenvalue weighted by atomic mass is 16.4. The Morgan fingerprint density at radius 2 is 1.46 bits per heavy atom. The number of amides is 1. The smallest absolute Gasteiger partial charge is 0.329 e. The Morgan fingerprint density at radius 1 is 0.914 bits per heavy atom. The lowest BCUT2D eigenvalue weighted by Crippen LogP contribution is -2.55. The van der Waals surface area contributed by atoms with Crippen LogP contribution in [0.5, 0.6) is 0 Å². The second-order valence-electron chi connectivity index (χ2n) is 9.15. The van der Waals surface area contributed by atoms with Crippen molar-refractivity contribution in [3.05, 3.63) is 83.9 Å². The van der Waals surface area contributed by atoms with Gasteiger partial charge in [-0.1, -0.05) is 60.7 Å². The van der Waals surface area contributed by atoms with E-state index in [1.54, 1.807) is 57.2 Å². The van der Waals surface area contributed by atoms with Crippen LogP contribution in [0.15, 0.2) is 83.1 Å². The fourth-order valence-corrected chi connectivity index (χ4v) is 4.66. The van der Waals surface area contributed by atoms with Gasteiger partial charge in [-0.05, 0) is 59.9 Å². The van der Waals surface area contributed by atoms with Crippen molar-refractivity contribution in [3.63, 3.8) is 0 Å². The first-order valence-electron chi connectivity index (χ1n) is 11.7. The molecule has 180 valence electrons. The molecule has 0 saturated heterocycles. The molecule has 1 aliphatic carbocycles. The van der Waals surface area contributed by atoms with Crippen molar-refractivity contribution < 1.29 is 14.7 Å². The lowest BCUT2D eigenvalue weighted by atomic mass is 9.90. The molecule has 0 heterocycles. The van der Waals surface area contributed by atoms with Gasteiger partial charge >= 0.3 is 5.97 Å². The van der Waals surface area contributed by atoms with Gasteiger partial charge in [0.25, 0.3) is 0 Å². The highest BCUT2D eigenvalue weighted by Gasteiger charge is 2.43. The van der Waals surface area contributed by atoms with Gasteiger partial charge in [-0.15, -0.1) is 5.11 Å². The van der Waals surface area contributed by atoms with Gasteiger partial charge in [-0.2, -0.15) is 0 Å². The number of hydrogen-bond acceptors (Lipinski definition) is 4. The van der Waals surface area contributed by atoms with E-state index in [9.17, 15) is 14.7 Å². The Hall–Kier alpha value is -4.00. The number of benzene rings is 3. The zero-order valence-corrected chi connectivity index (χ0v) is 20.5. The Labute approximate surface area is 205 Å². The summed E-state index contributed by atoms with van der Waals surface area (Å²) in [6.07, 6.45) is 0.424. The van der Waals surface area contributed by atoms with Crippen LogP contribution in [0.4, 0.5) is 11.4 Å². The molecule has 0 radical (unpaired) electrons. The standard InChI is InChI=1S/C28H30N4O3/c1-5-28(2,27(34)35)32(20-16-14-19(15-17-20)29-30-31(3)4)26(33)18-25-23-12-8-6-10-21(23)22-11-7-9-13-24(22)25/h6-17,25H,5,18H2,1-4H3,(H,34,35). The lowest BCUT2D eigenvalue weighted by Gasteiger charge is -2.38. The van der Waals surface area contributed by atoms with E-state index in [-0.39, 0.29) is 24.7 Å². The van der Waals surface area contributed by atoms with Gasteiger partial charge in [-0.25, -0.2) is 4.79 Å². The van der Waals surface area contributed by atoms with E-state index in [1.807, 2.05) is 24.3 Å². The first-order chi connectivity index (χ1) is 16.8. The molecule has 7 heteroatoms. The number of rotatable bonds is 8. The first-order valence-corrected chi connectivity index (χ1v) is 11.7. The summed E-state index contributed by atoms with van der Waals surface area (Å²) < 4.78 is 0. The molecule has 1 amide bonds. The maximum absolute atomic E-state index is 13.9. The molecule has 7 nitrogen and oxygen atoms in total. The second-order valence-corrected chi connectivity index (χ2v) is 9.15. The normalized spacial score (nSPS) is 14.3. The minimum absolute atomic E-state index is 0.138.